The lowest BCUT2D eigenvalue weighted by atomic mass is 9.88. The highest BCUT2D eigenvalue weighted by Gasteiger charge is 2.21. The molecular weight excluding hydrogens is 190 g/mol. The van der Waals surface area contributed by atoms with E-state index in [1.165, 1.54) is 25.7 Å². The molecule has 1 rings (SSSR count). The van der Waals surface area contributed by atoms with Gasteiger partial charge in [-0.1, -0.05) is 33.6 Å². The van der Waals surface area contributed by atoms with Gasteiger partial charge in [-0.2, -0.15) is 0 Å². The largest absolute Gasteiger partial charge is 0.267 e. The summed E-state index contributed by atoms with van der Waals surface area (Å²) in [6, 6.07) is 0.728. The normalized spacial score (nSPS) is 31.4. The summed E-state index contributed by atoms with van der Waals surface area (Å²) in [5.74, 6) is 5.18. The highest BCUT2D eigenvalue weighted by molar-refractivity contribution is 8.13. The van der Waals surface area contributed by atoms with Gasteiger partial charge in [-0.25, -0.2) is 0 Å². The number of rotatable bonds is 2. The van der Waals surface area contributed by atoms with Crippen LogP contribution in [0.1, 0.15) is 53.4 Å². The average Bonchev–Trinajstić information content (AvgIpc) is 2.07. The SMILES string of the molecule is C=S(NC1CCC(C)CC1)C(C)(C)C. The van der Waals surface area contributed by atoms with Crippen molar-refractivity contribution in [3.8, 4) is 0 Å². The van der Waals surface area contributed by atoms with Crippen molar-refractivity contribution < 1.29 is 0 Å². The summed E-state index contributed by atoms with van der Waals surface area (Å²) in [5.41, 5.74) is 0. The molecule has 2 heteroatoms. The molecule has 0 aliphatic heterocycles. The van der Waals surface area contributed by atoms with Crippen molar-refractivity contribution in [1.82, 2.24) is 4.72 Å². The smallest absolute Gasteiger partial charge is 0.0167 e. The van der Waals surface area contributed by atoms with Crippen molar-refractivity contribution >= 4 is 16.5 Å². The van der Waals surface area contributed by atoms with E-state index in [2.05, 4.69) is 38.3 Å². The van der Waals surface area contributed by atoms with E-state index in [0.717, 1.165) is 12.0 Å². The monoisotopic (exact) mass is 215 g/mol. The zero-order chi connectivity index (χ0) is 10.8. The molecule has 0 spiro atoms. The maximum atomic E-state index is 4.24. The lowest BCUT2D eigenvalue weighted by Gasteiger charge is -2.32. The fraction of sp³-hybridized carbons (Fsp3) is 0.917. The molecule has 0 aromatic carbocycles. The quantitative estimate of drug-likeness (QED) is 0.694. The Bertz CT molecular complexity index is 197. The molecule has 1 unspecified atom stereocenters. The van der Waals surface area contributed by atoms with Crippen molar-refractivity contribution in [2.75, 3.05) is 0 Å². The molecule has 1 aliphatic carbocycles. The fourth-order valence-electron chi connectivity index (χ4n) is 1.76. The number of hydrogen-bond donors (Lipinski definition) is 1. The second-order valence-corrected chi connectivity index (χ2v) is 7.82. The highest BCUT2D eigenvalue weighted by atomic mass is 32.2. The molecule has 14 heavy (non-hydrogen) atoms. The van der Waals surface area contributed by atoms with Crippen LogP contribution in [0.5, 0.6) is 0 Å². The van der Waals surface area contributed by atoms with Gasteiger partial charge in [-0.15, -0.1) is 10.7 Å². The zero-order valence-corrected chi connectivity index (χ0v) is 10.9. The van der Waals surface area contributed by atoms with Gasteiger partial charge >= 0.3 is 0 Å². The van der Waals surface area contributed by atoms with Gasteiger partial charge in [0.1, 0.15) is 0 Å². The summed E-state index contributed by atoms with van der Waals surface area (Å²) < 4.78 is 4.00. The standard InChI is InChI=1S/C12H25NS/c1-10-6-8-11(9-7-10)13-14(5)12(2,3)4/h10-11,13H,5-9H2,1-4H3. The summed E-state index contributed by atoms with van der Waals surface area (Å²) >= 11 is 0. The first-order valence-electron chi connectivity index (χ1n) is 5.70. The molecule has 1 nitrogen and oxygen atoms in total. The van der Waals surface area contributed by atoms with Crippen LogP contribution in [-0.2, 0) is 0 Å². The predicted molar refractivity (Wildman–Crippen MR) is 69.0 cm³/mol. The fourth-order valence-corrected chi connectivity index (χ4v) is 2.75. The number of nitrogens with one attached hydrogen (secondary N) is 1. The molecule has 0 radical (unpaired) electrons. The molecule has 0 amide bonds. The molecular formula is C12H25NS. The maximum Gasteiger partial charge on any atom is 0.0167 e. The minimum atomic E-state index is 0.104. The van der Waals surface area contributed by atoms with Crippen molar-refractivity contribution in [3.63, 3.8) is 0 Å². The molecule has 0 heterocycles. The van der Waals surface area contributed by atoms with Gasteiger partial charge in [0.15, 0.2) is 0 Å². The van der Waals surface area contributed by atoms with Gasteiger partial charge in [0.25, 0.3) is 0 Å². The molecule has 1 atom stereocenters. The Morgan fingerprint density at radius 3 is 2.07 bits per heavy atom. The Morgan fingerprint density at radius 1 is 1.14 bits per heavy atom. The van der Waals surface area contributed by atoms with Gasteiger partial charge in [-0.05, 0) is 31.6 Å². The number of hydrogen-bond acceptors (Lipinski definition) is 1. The third-order valence-electron chi connectivity index (χ3n) is 3.06. The van der Waals surface area contributed by atoms with Crippen LogP contribution in [0.15, 0.2) is 0 Å². The van der Waals surface area contributed by atoms with E-state index in [4.69, 9.17) is 0 Å². The van der Waals surface area contributed by atoms with Crippen molar-refractivity contribution in [3.05, 3.63) is 0 Å². The van der Waals surface area contributed by atoms with Crippen LogP contribution < -0.4 is 4.72 Å². The Hall–Kier alpha value is 0.180. The predicted octanol–water partition coefficient (Wildman–Crippen LogP) is 3.57. The highest BCUT2D eigenvalue weighted by Crippen LogP contribution is 2.30. The van der Waals surface area contributed by atoms with Crippen LogP contribution in [0.4, 0.5) is 0 Å². The topological polar surface area (TPSA) is 12.0 Å². The van der Waals surface area contributed by atoms with Crippen LogP contribution in [0.3, 0.4) is 0 Å². The van der Waals surface area contributed by atoms with Crippen LogP contribution in [0.25, 0.3) is 0 Å². The van der Waals surface area contributed by atoms with Crippen LogP contribution in [0, 0.1) is 5.92 Å². The van der Waals surface area contributed by atoms with E-state index in [1.807, 2.05) is 0 Å². The van der Waals surface area contributed by atoms with Crippen LogP contribution in [0.2, 0.25) is 0 Å². The summed E-state index contributed by atoms with van der Waals surface area (Å²) in [7, 11) is 0.104. The third-order valence-corrected chi connectivity index (χ3v) is 5.16. The maximum absolute atomic E-state index is 4.24. The molecule has 1 N–H and O–H groups in total. The van der Waals surface area contributed by atoms with E-state index >= 15 is 0 Å². The van der Waals surface area contributed by atoms with Crippen molar-refractivity contribution in [1.29, 1.82) is 0 Å². The molecule has 1 saturated carbocycles. The third kappa shape index (κ3) is 3.74. The van der Waals surface area contributed by atoms with Crippen LogP contribution in [-0.4, -0.2) is 16.7 Å². The van der Waals surface area contributed by atoms with E-state index in [9.17, 15) is 0 Å². The summed E-state index contributed by atoms with van der Waals surface area (Å²) in [5, 5.41) is 0. The van der Waals surface area contributed by atoms with Crippen LogP contribution >= 0.6 is 10.7 Å². The Balaban J connectivity index is 2.35. The summed E-state index contributed by atoms with van der Waals surface area (Å²) in [4.78, 5) is 0. The van der Waals surface area contributed by atoms with Crippen molar-refractivity contribution in [2.45, 2.75) is 64.2 Å². The van der Waals surface area contributed by atoms with E-state index < -0.39 is 0 Å². The van der Waals surface area contributed by atoms with Gasteiger partial charge in [0, 0.05) is 10.8 Å². The van der Waals surface area contributed by atoms with Gasteiger partial charge in [0.05, 0.1) is 0 Å². The lowest BCUT2D eigenvalue weighted by molar-refractivity contribution is 0.336. The second-order valence-electron chi connectivity index (χ2n) is 5.58. The van der Waals surface area contributed by atoms with Gasteiger partial charge in [0.2, 0.25) is 0 Å². The first kappa shape index (κ1) is 12.3. The van der Waals surface area contributed by atoms with E-state index in [0.29, 0.717) is 4.75 Å². The molecule has 0 aromatic rings. The summed E-state index contributed by atoms with van der Waals surface area (Å²) in [6.45, 7) is 9.16. The average molecular weight is 215 g/mol. The Kier molecular flexibility index (Phi) is 4.20. The van der Waals surface area contributed by atoms with E-state index in [-0.39, 0.29) is 10.7 Å². The van der Waals surface area contributed by atoms with Gasteiger partial charge in [-0.3, -0.25) is 4.72 Å². The molecule has 0 saturated heterocycles. The summed E-state index contributed by atoms with van der Waals surface area (Å²) in [6.07, 6.45) is 5.46. The molecule has 0 bridgehead atoms. The first-order chi connectivity index (χ1) is 6.39. The van der Waals surface area contributed by atoms with Crippen molar-refractivity contribution in [2.24, 2.45) is 5.92 Å². The zero-order valence-electron chi connectivity index (χ0n) is 10.1. The Morgan fingerprint density at radius 2 is 1.64 bits per heavy atom. The molecule has 84 valence electrons. The minimum absolute atomic E-state index is 0.104. The van der Waals surface area contributed by atoms with Gasteiger partial charge < -0.3 is 0 Å². The first-order valence-corrected chi connectivity index (χ1v) is 7.09. The second kappa shape index (κ2) is 4.80. The van der Waals surface area contributed by atoms with E-state index in [1.54, 1.807) is 0 Å². The lowest BCUT2D eigenvalue weighted by Crippen LogP contribution is -2.33. The Labute approximate surface area is 91.7 Å². The molecule has 0 aromatic heterocycles. The molecule has 1 aliphatic rings. The minimum Gasteiger partial charge on any atom is -0.267 e. The molecule has 1 fully saturated rings.